The van der Waals surface area contributed by atoms with Crippen LogP contribution in [0.5, 0.6) is 0 Å². The zero-order valence-electron chi connectivity index (χ0n) is 12.1. The van der Waals surface area contributed by atoms with Crippen LogP contribution in [0.25, 0.3) is 0 Å². The highest BCUT2D eigenvalue weighted by atomic mass is 16.6. The maximum atomic E-state index is 11.5. The molecule has 18 heavy (non-hydrogen) atoms. The summed E-state index contributed by atoms with van der Waals surface area (Å²) in [6.07, 6.45) is 2.66. The summed E-state index contributed by atoms with van der Waals surface area (Å²) in [5.41, 5.74) is -0.386. The molecule has 0 spiro atoms. The quantitative estimate of drug-likeness (QED) is 0.766. The molecular formula is C14H27NO3. The van der Waals surface area contributed by atoms with Crippen molar-refractivity contribution in [2.75, 3.05) is 19.8 Å². The molecule has 1 rings (SSSR count). The molecule has 0 aromatic carbocycles. The molecule has 0 amide bonds. The summed E-state index contributed by atoms with van der Waals surface area (Å²) in [6.45, 7) is 10.3. The molecule has 1 aliphatic heterocycles. The molecule has 1 atom stereocenters. The van der Waals surface area contributed by atoms with Crippen LogP contribution in [0.2, 0.25) is 0 Å². The van der Waals surface area contributed by atoms with Crippen LogP contribution in [0.3, 0.4) is 0 Å². The van der Waals surface area contributed by atoms with Crippen LogP contribution in [-0.4, -0.2) is 37.4 Å². The molecule has 0 bridgehead atoms. The summed E-state index contributed by atoms with van der Waals surface area (Å²) in [6, 6.07) is 0.441. The molecule has 0 aromatic heterocycles. The van der Waals surface area contributed by atoms with Gasteiger partial charge in [0.1, 0.15) is 5.60 Å². The second kappa shape index (κ2) is 7.10. The van der Waals surface area contributed by atoms with Gasteiger partial charge < -0.3 is 14.8 Å². The number of esters is 1. The largest absolute Gasteiger partial charge is 0.460 e. The van der Waals surface area contributed by atoms with Crippen LogP contribution in [0.15, 0.2) is 0 Å². The maximum absolute atomic E-state index is 11.5. The molecule has 0 radical (unpaired) electrons. The van der Waals surface area contributed by atoms with Gasteiger partial charge in [-0.15, -0.1) is 0 Å². The third-order valence-electron chi connectivity index (χ3n) is 3.19. The standard InChI is InChI=1S/C14H27NO3/c1-11(12-6-9-17-10-7-12)15-8-5-13(16)18-14(2,3)4/h11-12,15H,5-10H2,1-4H3. The van der Waals surface area contributed by atoms with Gasteiger partial charge in [0, 0.05) is 25.8 Å². The van der Waals surface area contributed by atoms with Crippen molar-refractivity contribution in [1.82, 2.24) is 5.32 Å². The topological polar surface area (TPSA) is 47.6 Å². The lowest BCUT2D eigenvalue weighted by Crippen LogP contribution is -2.38. The molecule has 1 heterocycles. The van der Waals surface area contributed by atoms with Crippen LogP contribution in [0.1, 0.15) is 47.0 Å². The van der Waals surface area contributed by atoms with Gasteiger partial charge in [-0.1, -0.05) is 0 Å². The van der Waals surface area contributed by atoms with Crippen molar-refractivity contribution in [3.63, 3.8) is 0 Å². The zero-order valence-corrected chi connectivity index (χ0v) is 12.1. The highest BCUT2D eigenvalue weighted by molar-refractivity contribution is 5.70. The van der Waals surface area contributed by atoms with E-state index >= 15 is 0 Å². The first-order chi connectivity index (χ1) is 8.38. The Labute approximate surface area is 110 Å². The van der Waals surface area contributed by atoms with Gasteiger partial charge >= 0.3 is 5.97 Å². The van der Waals surface area contributed by atoms with E-state index in [0.29, 0.717) is 24.9 Å². The van der Waals surface area contributed by atoms with Crippen molar-refractivity contribution in [3.05, 3.63) is 0 Å². The zero-order chi connectivity index (χ0) is 13.6. The predicted molar refractivity (Wildman–Crippen MR) is 71.5 cm³/mol. The van der Waals surface area contributed by atoms with Crippen molar-refractivity contribution in [3.8, 4) is 0 Å². The molecule has 0 aromatic rings. The number of ether oxygens (including phenoxy) is 2. The Bertz CT molecular complexity index is 254. The molecule has 4 nitrogen and oxygen atoms in total. The van der Waals surface area contributed by atoms with E-state index in [4.69, 9.17) is 9.47 Å². The summed E-state index contributed by atoms with van der Waals surface area (Å²) in [4.78, 5) is 11.5. The number of hydrogen-bond acceptors (Lipinski definition) is 4. The van der Waals surface area contributed by atoms with Gasteiger partial charge in [-0.2, -0.15) is 0 Å². The molecule has 1 fully saturated rings. The van der Waals surface area contributed by atoms with Gasteiger partial charge in [0.15, 0.2) is 0 Å². The smallest absolute Gasteiger partial charge is 0.307 e. The Morgan fingerprint density at radius 3 is 2.56 bits per heavy atom. The first-order valence-corrected chi connectivity index (χ1v) is 6.91. The van der Waals surface area contributed by atoms with E-state index in [1.807, 2.05) is 20.8 Å². The second-order valence-electron chi connectivity index (χ2n) is 6.03. The van der Waals surface area contributed by atoms with E-state index in [2.05, 4.69) is 12.2 Å². The number of carbonyl (C=O) groups is 1. The molecule has 1 aliphatic rings. The van der Waals surface area contributed by atoms with Gasteiger partial charge in [0.05, 0.1) is 6.42 Å². The summed E-state index contributed by atoms with van der Waals surface area (Å²) in [5, 5.41) is 3.41. The van der Waals surface area contributed by atoms with Gasteiger partial charge in [0.25, 0.3) is 0 Å². The van der Waals surface area contributed by atoms with E-state index in [0.717, 1.165) is 26.1 Å². The highest BCUT2D eigenvalue weighted by Gasteiger charge is 2.20. The minimum Gasteiger partial charge on any atom is -0.460 e. The van der Waals surface area contributed by atoms with Gasteiger partial charge in [-0.05, 0) is 46.5 Å². The van der Waals surface area contributed by atoms with Crippen molar-refractivity contribution >= 4 is 5.97 Å². The average molecular weight is 257 g/mol. The monoisotopic (exact) mass is 257 g/mol. The van der Waals surface area contributed by atoms with Crippen molar-refractivity contribution in [2.24, 2.45) is 5.92 Å². The minimum atomic E-state index is -0.386. The Hall–Kier alpha value is -0.610. The minimum absolute atomic E-state index is 0.130. The third kappa shape index (κ3) is 6.36. The molecule has 1 N–H and O–H groups in total. The van der Waals surface area contributed by atoms with E-state index < -0.39 is 0 Å². The first-order valence-electron chi connectivity index (χ1n) is 6.91. The van der Waals surface area contributed by atoms with Crippen molar-refractivity contribution in [2.45, 2.75) is 58.6 Å². The van der Waals surface area contributed by atoms with E-state index in [1.54, 1.807) is 0 Å². The fraction of sp³-hybridized carbons (Fsp3) is 0.929. The number of hydrogen-bond donors (Lipinski definition) is 1. The van der Waals surface area contributed by atoms with E-state index in [9.17, 15) is 4.79 Å². The lowest BCUT2D eigenvalue weighted by molar-refractivity contribution is -0.154. The average Bonchev–Trinajstić information content (AvgIpc) is 2.27. The molecule has 1 saturated heterocycles. The number of nitrogens with one attached hydrogen (secondary N) is 1. The Kier molecular flexibility index (Phi) is 6.09. The summed E-state index contributed by atoms with van der Waals surface area (Å²) in [5.74, 6) is 0.534. The van der Waals surface area contributed by atoms with E-state index in [-0.39, 0.29) is 11.6 Å². The predicted octanol–water partition coefficient (Wildman–Crippen LogP) is 2.12. The first kappa shape index (κ1) is 15.4. The fourth-order valence-electron chi connectivity index (χ4n) is 2.18. The maximum Gasteiger partial charge on any atom is 0.307 e. The van der Waals surface area contributed by atoms with Crippen LogP contribution >= 0.6 is 0 Å². The summed E-state index contributed by atoms with van der Waals surface area (Å²) < 4.78 is 10.6. The Morgan fingerprint density at radius 1 is 1.39 bits per heavy atom. The Morgan fingerprint density at radius 2 is 2.00 bits per heavy atom. The van der Waals surface area contributed by atoms with Crippen LogP contribution in [-0.2, 0) is 14.3 Å². The molecule has 0 saturated carbocycles. The van der Waals surface area contributed by atoms with Crippen LogP contribution in [0.4, 0.5) is 0 Å². The van der Waals surface area contributed by atoms with Crippen molar-refractivity contribution < 1.29 is 14.3 Å². The Balaban J connectivity index is 2.14. The molecule has 106 valence electrons. The lowest BCUT2D eigenvalue weighted by Gasteiger charge is -2.28. The lowest BCUT2D eigenvalue weighted by atomic mass is 9.93. The third-order valence-corrected chi connectivity index (χ3v) is 3.19. The molecule has 1 unspecified atom stereocenters. The normalized spacial score (nSPS) is 19.6. The van der Waals surface area contributed by atoms with E-state index in [1.165, 1.54) is 0 Å². The number of carbonyl (C=O) groups excluding carboxylic acids is 1. The second-order valence-corrected chi connectivity index (χ2v) is 6.03. The fourth-order valence-corrected chi connectivity index (χ4v) is 2.18. The van der Waals surface area contributed by atoms with Crippen LogP contribution in [0, 0.1) is 5.92 Å². The number of rotatable bonds is 5. The highest BCUT2D eigenvalue weighted by Crippen LogP contribution is 2.18. The summed E-state index contributed by atoms with van der Waals surface area (Å²) >= 11 is 0. The molecule has 4 heteroatoms. The van der Waals surface area contributed by atoms with Gasteiger partial charge in [-0.25, -0.2) is 0 Å². The molecular weight excluding hydrogens is 230 g/mol. The summed E-state index contributed by atoms with van der Waals surface area (Å²) in [7, 11) is 0. The van der Waals surface area contributed by atoms with Gasteiger partial charge in [0.2, 0.25) is 0 Å². The SMILES string of the molecule is CC(NCCC(=O)OC(C)(C)C)C1CCOCC1. The van der Waals surface area contributed by atoms with Crippen molar-refractivity contribution in [1.29, 1.82) is 0 Å². The molecule has 0 aliphatic carbocycles. The van der Waals surface area contributed by atoms with Crippen LogP contribution < -0.4 is 5.32 Å². The van der Waals surface area contributed by atoms with Gasteiger partial charge in [-0.3, -0.25) is 4.79 Å².